The van der Waals surface area contributed by atoms with Crippen LogP contribution in [0.3, 0.4) is 0 Å². The Labute approximate surface area is 285 Å². The van der Waals surface area contributed by atoms with Crippen LogP contribution >= 0.6 is 0 Å². The van der Waals surface area contributed by atoms with Crippen molar-refractivity contribution < 1.29 is 4.92 Å². The average Bonchev–Trinajstić information content (AvgIpc) is 3.62. The Balaban J connectivity index is 1.56. The number of aromatic nitrogens is 3. The Morgan fingerprint density at radius 1 is 0.612 bits per heavy atom. The lowest BCUT2D eigenvalue weighted by Gasteiger charge is -2.19. The molecule has 6 aromatic carbocycles. The molecule has 7 rings (SSSR count). The number of hydrogen-bond acceptors (Lipinski definition) is 4. The van der Waals surface area contributed by atoms with Crippen molar-refractivity contribution >= 4 is 29.0 Å². The molecule has 0 saturated heterocycles. The molecular weight excluding hydrogens is 604 g/mol. The maximum atomic E-state index is 12.7. The maximum Gasteiger partial charge on any atom is 0.270 e. The highest BCUT2D eigenvalue weighted by Crippen LogP contribution is 2.43. The van der Waals surface area contributed by atoms with E-state index in [9.17, 15) is 10.1 Å². The van der Waals surface area contributed by atoms with E-state index in [0.717, 1.165) is 44.5 Å². The lowest BCUT2D eigenvalue weighted by molar-refractivity contribution is -0.384. The molecule has 0 amide bonds. The quantitative estimate of drug-likeness (QED) is 0.0851. The van der Waals surface area contributed by atoms with E-state index in [1.54, 1.807) is 12.1 Å². The Morgan fingerprint density at radius 2 is 1.04 bits per heavy atom. The summed E-state index contributed by atoms with van der Waals surface area (Å²) >= 11 is 0. The van der Waals surface area contributed by atoms with Gasteiger partial charge in [-0.05, 0) is 62.2 Å². The Kier molecular flexibility index (Phi) is 9.10. The summed E-state index contributed by atoms with van der Waals surface area (Å²) in [6, 6.07) is 53.4. The molecule has 236 valence electrons. The normalized spacial score (nSPS) is 11.8. The molecule has 0 fully saturated rings. The summed E-state index contributed by atoms with van der Waals surface area (Å²) in [7, 11) is 0. The first kappa shape index (κ1) is 31.0. The van der Waals surface area contributed by atoms with Gasteiger partial charge in [0.05, 0.1) is 17.7 Å². The molecule has 0 saturated carbocycles. The van der Waals surface area contributed by atoms with Crippen molar-refractivity contribution in [2.24, 2.45) is 0 Å². The van der Waals surface area contributed by atoms with Gasteiger partial charge in [0.2, 0.25) is 0 Å². The van der Waals surface area contributed by atoms with E-state index in [2.05, 4.69) is 29.5 Å². The SMILES string of the molecule is O=[N+]([O-])c1cc(/C(=C/c2ccccc2)c2ccccc2)c(-c2cn(Cc3ccccc3)nn2)c(/C(=C/c2ccccc2)c2ccccc2)c1. The molecule has 49 heavy (non-hydrogen) atoms. The molecule has 1 heterocycles. The minimum Gasteiger partial charge on any atom is -0.258 e. The average molecular weight is 637 g/mol. The van der Waals surface area contributed by atoms with E-state index in [1.165, 1.54) is 0 Å². The highest BCUT2D eigenvalue weighted by atomic mass is 16.6. The van der Waals surface area contributed by atoms with Gasteiger partial charge in [0.1, 0.15) is 5.69 Å². The molecule has 0 atom stereocenters. The van der Waals surface area contributed by atoms with Crippen molar-refractivity contribution in [2.75, 3.05) is 0 Å². The van der Waals surface area contributed by atoms with Crippen molar-refractivity contribution in [3.63, 3.8) is 0 Å². The summed E-state index contributed by atoms with van der Waals surface area (Å²) in [6.07, 6.45) is 6.09. The zero-order valence-electron chi connectivity index (χ0n) is 26.6. The first-order valence-electron chi connectivity index (χ1n) is 16.0. The fourth-order valence-electron chi connectivity index (χ4n) is 5.99. The van der Waals surface area contributed by atoms with Crippen LogP contribution in [-0.2, 0) is 6.54 Å². The van der Waals surface area contributed by atoms with Crippen LogP contribution in [0.2, 0.25) is 0 Å². The van der Waals surface area contributed by atoms with Gasteiger partial charge in [-0.2, -0.15) is 0 Å². The van der Waals surface area contributed by atoms with E-state index >= 15 is 0 Å². The molecule has 6 nitrogen and oxygen atoms in total. The fourth-order valence-corrected chi connectivity index (χ4v) is 5.99. The second kappa shape index (κ2) is 14.4. The lowest BCUT2D eigenvalue weighted by Crippen LogP contribution is -2.02. The van der Waals surface area contributed by atoms with Gasteiger partial charge in [-0.15, -0.1) is 5.10 Å². The summed E-state index contributed by atoms with van der Waals surface area (Å²) in [5.74, 6) is 0. The van der Waals surface area contributed by atoms with Gasteiger partial charge in [0.15, 0.2) is 0 Å². The smallest absolute Gasteiger partial charge is 0.258 e. The van der Waals surface area contributed by atoms with Crippen LogP contribution in [0.15, 0.2) is 170 Å². The van der Waals surface area contributed by atoms with Crippen molar-refractivity contribution in [1.82, 2.24) is 15.0 Å². The van der Waals surface area contributed by atoms with Crippen LogP contribution in [0.4, 0.5) is 5.69 Å². The summed E-state index contributed by atoms with van der Waals surface area (Å²) in [5.41, 5.74) is 9.24. The number of nitrogens with zero attached hydrogens (tertiary/aromatic N) is 4. The first-order chi connectivity index (χ1) is 24.1. The summed E-state index contributed by atoms with van der Waals surface area (Å²) < 4.78 is 1.81. The summed E-state index contributed by atoms with van der Waals surface area (Å²) in [5, 5.41) is 22.0. The minimum atomic E-state index is -0.320. The third-order valence-corrected chi connectivity index (χ3v) is 8.29. The molecule has 0 unspecified atom stereocenters. The standard InChI is InChI=1S/C43H32N4O2/c48-47(49)37-28-40(38(35-22-12-4-13-23-35)26-32-16-6-1-7-17-32)43(42-31-46(45-44-42)30-34-20-10-3-11-21-34)41(29-37)39(36-24-14-5-15-25-36)27-33-18-8-2-9-19-33/h1-29,31H,30H2/b38-26+,39-27+. The van der Waals surface area contributed by atoms with Crippen molar-refractivity contribution in [1.29, 1.82) is 0 Å². The molecule has 6 heteroatoms. The number of rotatable bonds is 10. The van der Waals surface area contributed by atoms with E-state index in [-0.39, 0.29) is 10.6 Å². The molecule has 7 aromatic rings. The van der Waals surface area contributed by atoms with Crippen LogP contribution in [0.1, 0.15) is 38.9 Å². The molecule has 0 aliphatic heterocycles. The largest absolute Gasteiger partial charge is 0.270 e. The molecule has 0 radical (unpaired) electrons. The molecular formula is C43H32N4O2. The molecule has 0 aliphatic rings. The topological polar surface area (TPSA) is 73.8 Å². The van der Waals surface area contributed by atoms with Crippen LogP contribution in [0.25, 0.3) is 34.6 Å². The highest BCUT2D eigenvalue weighted by Gasteiger charge is 2.26. The molecule has 0 N–H and O–H groups in total. The van der Waals surface area contributed by atoms with Crippen LogP contribution in [0.5, 0.6) is 0 Å². The third-order valence-electron chi connectivity index (χ3n) is 8.29. The van der Waals surface area contributed by atoms with Crippen molar-refractivity contribution in [3.8, 4) is 11.3 Å². The second-order valence-electron chi connectivity index (χ2n) is 11.6. The van der Waals surface area contributed by atoms with Crippen molar-refractivity contribution in [2.45, 2.75) is 6.54 Å². The predicted molar refractivity (Wildman–Crippen MR) is 197 cm³/mol. The van der Waals surface area contributed by atoms with Crippen LogP contribution in [-0.4, -0.2) is 19.9 Å². The zero-order chi connectivity index (χ0) is 33.4. The molecule has 0 bridgehead atoms. The predicted octanol–water partition coefficient (Wildman–Crippen LogP) is 10.1. The number of hydrogen-bond donors (Lipinski definition) is 0. The van der Waals surface area contributed by atoms with Crippen molar-refractivity contribution in [3.05, 3.63) is 219 Å². The van der Waals surface area contributed by atoms with Gasteiger partial charge in [-0.3, -0.25) is 10.1 Å². The lowest BCUT2D eigenvalue weighted by atomic mass is 9.84. The number of nitro groups is 1. The van der Waals surface area contributed by atoms with E-state index in [4.69, 9.17) is 5.10 Å². The zero-order valence-corrected chi connectivity index (χ0v) is 26.6. The second-order valence-corrected chi connectivity index (χ2v) is 11.6. The van der Waals surface area contributed by atoms with Gasteiger partial charge < -0.3 is 0 Å². The first-order valence-corrected chi connectivity index (χ1v) is 16.0. The van der Waals surface area contributed by atoms with E-state index < -0.39 is 0 Å². The number of nitro benzene ring substituents is 1. The fraction of sp³-hybridized carbons (Fsp3) is 0.0233. The Morgan fingerprint density at radius 3 is 1.49 bits per heavy atom. The van der Waals surface area contributed by atoms with E-state index in [1.807, 2.05) is 150 Å². The molecule has 0 aliphatic carbocycles. The number of non-ortho nitro benzene ring substituents is 1. The Hall–Kier alpha value is -6.66. The third kappa shape index (κ3) is 7.19. The van der Waals surface area contributed by atoms with Gasteiger partial charge in [-0.25, -0.2) is 4.68 Å². The summed E-state index contributed by atoms with van der Waals surface area (Å²) in [4.78, 5) is 12.4. The molecule has 0 spiro atoms. The van der Waals surface area contributed by atoms with Gasteiger partial charge in [0.25, 0.3) is 5.69 Å². The van der Waals surface area contributed by atoms with Crippen LogP contribution in [0, 0.1) is 10.1 Å². The van der Waals surface area contributed by atoms with Crippen LogP contribution < -0.4 is 0 Å². The highest BCUT2D eigenvalue weighted by molar-refractivity contribution is 6.03. The monoisotopic (exact) mass is 636 g/mol. The number of benzene rings is 6. The van der Waals surface area contributed by atoms with E-state index in [0.29, 0.717) is 23.4 Å². The van der Waals surface area contributed by atoms with Gasteiger partial charge >= 0.3 is 0 Å². The van der Waals surface area contributed by atoms with Gasteiger partial charge in [-0.1, -0.05) is 157 Å². The molecule has 1 aromatic heterocycles. The minimum absolute atomic E-state index is 0.0183. The maximum absolute atomic E-state index is 12.7. The summed E-state index contributed by atoms with van der Waals surface area (Å²) in [6.45, 7) is 0.530. The Bertz CT molecular complexity index is 2130. The van der Waals surface area contributed by atoms with Gasteiger partial charge in [0, 0.05) is 17.7 Å².